The quantitative estimate of drug-likeness (QED) is 0.550. The Balaban J connectivity index is 3.20. The van der Waals surface area contributed by atoms with E-state index in [1.165, 1.54) is 22.3 Å². The standard InChI is InChI=1S/C12H13/c1-5-6-12-8-9(2)7-10(3)11(12)4/h7-8H,6H2,2-4H3. The van der Waals surface area contributed by atoms with Crippen molar-refractivity contribution < 1.29 is 0 Å². The number of hydrogen-bond acceptors (Lipinski definition) is 0. The third-order valence-electron chi connectivity index (χ3n) is 2.20. The SMILES string of the molecule is [C]#CCc1cc(C)cc(C)c1C. The van der Waals surface area contributed by atoms with Crippen LogP contribution in [0.4, 0.5) is 0 Å². The highest BCUT2D eigenvalue weighted by Crippen LogP contribution is 2.15. The van der Waals surface area contributed by atoms with Crippen LogP contribution < -0.4 is 0 Å². The minimum atomic E-state index is 0.633. The van der Waals surface area contributed by atoms with Gasteiger partial charge in [0.15, 0.2) is 0 Å². The average molecular weight is 157 g/mol. The molecule has 0 bridgehead atoms. The molecule has 1 aromatic rings. The lowest BCUT2D eigenvalue weighted by Crippen LogP contribution is -1.92. The van der Waals surface area contributed by atoms with Gasteiger partial charge in [0.25, 0.3) is 0 Å². The molecular formula is C12H13. The normalized spacial score (nSPS) is 9.50. The molecule has 0 heteroatoms. The molecule has 0 atom stereocenters. The fourth-order valence-electron chi connectivity index (χ4n) is 1.41. The highest BCUT2D eigenvalue weighted by molar-refractivity contribution is 5.38. The molecular weight excluding hydrogens is 144 g/mol. The Labute approximate surface area is 74.6 Å². The zero-order valence-electron chi connectivity index (χ0n) is 7.86. The molecule has 0 unspecified atom stereocenters. The lowest BCUT2D eigenvalue weighted by Gasteiger charge is -2.07. The molecule has 61 valence electrons. The molecule has 0 aliphatic heterocycles. The molecule has 0 saturated heterocycles. The van der Waals surface area contributed by atoms with Crippen molar-refractivity contribution >= 4 is 0 Å². The molecule has 0 saturated carbocycles. The summed E-state index contributed by atoms with van der Waals surface area (Å²) in [5.74, 6) is 2.43. The first-order chi connectivity index (χ1) is 5.65. The Hall–Kier alpha value is -1.22. The number of aryl methyl sites for hydroxylation is 2. The van der Waals surface area contributed by atoms with Crippen LogP contribution >= 0.6 is 0 Å². The predicted octanol–water partition coefficient (Wildman–Crippen LogP) is 2.74. The zero-order valence-corrected chi connectivity index (χ0v) is 7.86. The number of rotatable bonds is 1. The first kappa shape index (κ1) is 8.87. The molecule has 0 heterocycles. The maximum Gasteiger partial charge on any atom is 0.0353 e. The summed E-state index contributed by atoms with van der Waals surface area (Å²) < 4.78 is 0. The fraction of sp³-hybridized carbons (Fsp3) is 0.333. The summed E-state index contributed by atoms with van der Waals surface area (Å²) in [5, 5.41) is 0. The van der Waals surface area contributed by atoms with Gasteiger partial charge in [0.2, 0.25) is 0 Å². The highest BCUT2D eigenvalue weighted by atomic mass is 14.0. The van der Waals surface area contributed by atoms with Crippen LogP contribution in [-0.4, -0.2) is 0 Å². The van der Waals surface area contributed by atoms with E-state index in [4.69, 9.17) is 6.42 Å². The minimum Gasteiger partial charge on any atom is -0.0843 e. The van der Waals surface area contributed by atoms with Crippen LogP contribution in [0, 0.1) is 33.1 Å². The number of benzene rings is 1. The molecule has 0 aliphatic rings. The van der Waals surface area contributed by atoms with Gasteiger partial charge in [-0.15, -0.1) is 0 Å². The molecule has 1 aromatic carbocycles. The van der Waals surface area contributed by atoms with Gasteiger partial charge in [0, 0.05) is 6.42 Å². The largest absolute Gasteiger partial charge is 0.0843 e. The van der Waals surface area contributed by atoms with Crippen molar-refractivity contribution in [2.75, 3.05) is 0 Å². The van der Waals surface area contributed by atoms with Gasteiger partial charge in [0.1, 0.15) is 0 Å². The van der Waals surface area contributed by atoms with Crippen LogP contribution in [0.25, 0.3) is 0 Å². The van der Waals surface area contributed by atoms with Crippen molar-refractivity contribution in [3.05, 3.63) is 40.8 Å². The summed E-state index contributed by atoms with van der Waals surface area (Å²) in [4.78, 5) is 0. The molecule has 0 fully saturated rings. The molecule has 0 N–H and O–H groups in total. The molecule has 1 rings (SSSR count). The fourth-order valence-corrected chi connectivity index (χ4v) is 1.41. The van der Waals surface area contributed by atoms with Crippen molar-refractivity contribution in [3.8, 4) is 5.92 Å². The third-order valence-corrected chi connectivity index (χ3v) is 2.20. The average Bonchev–Trinajstić information content (AvgIpc) is 2.00. The first-order valence-corrected chi connectivity index (χ1v) is 4.11. The predicted molar refractivity (Wildman–Crippen MR) is 51.5 cm³/mol. The van der Waals surface area contributed by atoms with E-state index in [-0.39, 0.29) is 0 Å². The van der Waals surface area contributed by atoms with Crippen molar-refractivity contribution in [3.63, 3.8) is 0 Å². The summed E-state index contributed by atoms with van der Waals surface area (Å²) in [5.41, 5.74) is 5.09. The van der Waals surface area contributed by atoms with Crippen LogP contribution in [0.3, 0.4) is 0 Å². The van der Waals surface area contributed by atoms with Gasteiger partial charge < -0.3 is 0 Å². The van der Waals surface area contributed by atoms with Crippen LogP contribution in [0.15, 0.2) is 12.1 Å². The molecule has 12 heavy (non-hydrogen) atoms. The van der Waals surface area contributed by atoms with Crippen LogP contribution in [0.5, 0.6) is 0 Å². The van der Waals surface area contributed by atoms with Gasteiger partial charge in [-0.05, 0) is 43.9 Å². The summed E-state index contributed by atoms with van der Waals surface area (Å²) in [6, 6.07) is 4.30. The Morgan fingerprint density at radius 1 is 1.25 bits per heavy atom. The van der Waals surface area contributed by atoms with Crippen molar-refractivity contribution in [2.24, 2.45) is 0 Å². The van der Waals surface area contributed by atoms with E-state index >= 15 is 0 Å². The van der Waals surface area contributed by atoms with Crippen molar-refractivity contribution in [1.29, 1.82) is 0 Å². The molecule has 0 spiro atoms. The molecule has 0 aromatic heterocycles. The second-order valence-electron chi connectivity index (χ2n) is 3.22. The molecule has 1 radical (unpaired) electrons. The van der Waals surface area contributed by atoms with Gasteiger partial charge >= 0.3 is 0 Å². The second-order valence-corrected chi connectivity index (χ2v) is 3.22. The summed E-state index contributed by atoms with van der Waals surface area (Å²) >= 11 is 0. The monoisotopic (exact) mass is 157 g/mol. The van der Waals surface area contributed by atoms with E-state index in [9.17, 15) is 0 Å². The van der Waals surface area contributed by atoms with Crippen LogP contribution in [0.1, 0.15) is 22.3 Å². The summed E-state index contributed by atoms with van der Waals surface area (Å²) in [6.07, 6.45) is 7.56. The zero-order chi connectivity index (χ0) is 9.14. The van der Waals surface area contributed by atoms with Crippen molar-refractivity contribution in [1.82, 2.24) is 0 Å². The molecule has 0 aliphatic carbocycles. The van der Waals surface area contributed by atoms with Crippen molar-refractivity contribution in [2.45, 2.75) is 27.2 Å². The van der Waals surface area contributed by atoms with E-state index in [1.807, 2.05) is 0 Å². The van der Waals surface area contributed by atoms with E-state index in [1.54, 1.807) is 0 Å². The Bertz CT molecular complexity index is 327. The lowest BCUT2D eigenvalue weighted by atomic mass is 9.98. The highest BCUT2D eigenvalue weighted by Gasteiger charge is 2.00. The molecule has 0 nitrogen and oxygen atoms in total. The van der Waals surface area contributed by atoms with E-state index in [2.05, 4.69) is 38.8 Å². The Morgan fingerprint density at radius 3 is 2.50 bits per heavy atom. The minimum absolute atomic E-state index is 0.633. The smallest absolute Gasteiger partial charge is 0.0353 e. The van der Waals surface area contributed by atoms with Crippen LogP contribution in [0.2, 0.25) is 0 Å². The van der Waals surface area contributed by atoms with Gasteiger partial charge in [-0.3, -0.25) is 0 Å². The third kappa shape index (κ3) is 1.68. The number of hydrogen-bond donors (Lipinski definition) is 0. The Kier molecular flexibility index (Phi) is 2.55. The molecule has 0 amide bonds. The summed E-state index contributed by atoms with van der Waals surface area (Å²) in [7, 11) is 0. The first-order valence-electron chi connectivity index (χ1n) is 4.11. The summed E-state index contributed by atoms with van der Waals surface area (Å²) in [6.45, 7) is 6.29. The topological polar surface area (TPSA) is 0 Å². The van der Waals surface area contributed by atoms with E-state index < -0.39 is 0 Å². The van der Waals surface area contributed by atoms with E-state index in [0.29, 0.717) is 6.42 Å². The van der Waals surface area contributed by atoms with Gasteiger partial charge in [-0.25, -0.2) is 0 Å². The van der Waals surface area contributed by atoms with Gasteiger partial charge in [-0.2, -0.15) is 0 Å². The maximum absolute atomic E-state index is 6.93. The second kappa shape index (κ2) is 3.45. The van der Waals surface area contributed by atoms with Crippen LogP contribution in [-0.2, 0) is 6.42 Å². The van der Waals surface area contributed by atoms with Gasteiger partial charge in [-0.1, -0.05) is 23.6 Å². The lowest BCUT2D eigenvalue weighted by molar-refractivity contribution is 1.18. The van der Waals surface area contributed by atoms with Gasteiger partial charge in [0.05, 0.1) is 0 Å². The van der Waals surface area contributed by atoms with E-state index in [0.717, 1.165) is 0 Å². The Morgan fingerprint density at radius 2 is 1.92 bits per heavy atom. The maximum atomic E-state index is 6.93.